The normalized spacial score (nSPS) is 17.8. The van der Waals surface area contributed by atoms with E-state index in [2.05, 4.69) is 20.5 Å². The summed E-state index contributed by atoms with van der Waals surface area (Å²) < 4.78 is 0. The van der Waals surface area contributed by atoms with Crippen molar-refractivity contribution in [3.63, 3.8) is 0 Å². The molecule has 2 N–H and O–H groups in total. The monoisotopic (exact) mass is 299 g/mol. The molecule has 7 nitrogen and oxygen atoms in total. The Morgan fingerprint density at radius 2 is 2.27 bits per heavy atom. The molecule has 7 heteroatoms. The summed E-state index contributed by atoms with van der Waals surface area (Å²) in [6, 6.07) is 7.79. The molecule has 1 unspecified atom stereocenters. The first-order valence-corrected chi connectivity index (χ1v) is 7.23. The predicted octanol–water partition coefficient (Wildman–Crippen LogP) is 1.36. The first kappa shape index (κ1) is 14.2. The first-order chi connectivity index (χ1) is 10.7. The van der Waals surface area contributed by atoms with Gasteiger partial charge in [-0.15, -0.1) is 0 Å². The molecule has 1 aromatic heterocycles. The van der Waals surface area contributed by atoms with Gasteiger partial charge in [-0.3, -0.25) is 14.9 Å². The summed E-state index contributed by atoms with van der Waals surface area (Å²) in [5.41, 5.74) is 2.00. The Balaban J connectivity index is 1.74. The molecule has 1 saturated heterocycles. The van der Waals surface area contributed by atoms with Gasteiger partial charge in [0.05, 0.1) is 5.92 Å². The fourth-order valence-electron chi connectivity index (χ4n) is 2.67. The Kier molecular flexibility index (Phi) is 3.86. The Morgan fingerprint density at radius 3 is 3.00 bits per heavy atom. The maximum atomic E-state index is 12.3. The number of hydrogen-bond acceptors (Lipinski definition) is 4. The highest BCUT2D eigenvalue weighted by Crippen LogP contribution is 2.28. The number of nitrogens with one attached hydrogen (secondary N) is 2. The third-order valence-corrected chi connectivity index (χ3v) is 3.82. The second kappa shape index (κ2) is 5.97. The van der Waals surface area contributed by atoms with E-state index < -0.39 is 0 Å². The van der Waals surface area contributed by atoms with E-state index >= 15 is 0 Å². The third-order valence-electron chi connectivity index (χ3n) is 3.82. The van der Waals surface area contributed by atoms with E-state index in [9.17, 15) is 9.59 Å². The summed E-state index contributed by atoms with van der Waals surface area (Å²) in [4.78, 5) is 30.0. The molecule has 114 valence electrons. The summed E-state index contributed by atoms with van der Waals surface area (Å²) in [5, 5.41) is 8.88. The Bertz CT molecular complexity index is 683. The van der Waals surface area contributed by atoms with Crippen LogP contribution < -0.4 is 10.2 Å². The van der Waals surface area contributed by atoms with Gasteiger partial charge in [0.1, 0.15) is 6.33 Å². The average Bonchev–Trinajstić information content (AvgIpc) is 3.16. The van der Waals surface area contributed by atoms with Crippen molar-refractivity contribution >= 4 is 23.5 Å². The lowest BCUT2D eigenvalue weighted by atomic mass is 10.1. The molecule has 2 heterocycles. The molecule has 0 bridgehead atoms. The number of anilines is 2. The van der Waals surface area contributed by atoms with Gasteiger partial charge in [0.25, 0.3) is 0 Å². The van der Waals surface area contributed by atoms with Crippen LogP contribution in [-0.4, -0.2) is 33.5 Å². The molecule has 2 amide bonds. The summed E-state index contributed by atoms with van der Waals surface area (Å²) >= 11 is 0. The highest BCUT2D eigenvalue weighted by molar-refractivity contribution is 6.03. The van der Waals surface area contributed by atoms with Crippen LogP contribution in [0.2, 0.25) is 0 Å². The number of benzene rings is 1. The topological polar surface area (TPSA) is 91.0 Å². The number of para-hydroxylation sites is 1. The number of carbonyl (C=O) groups excluding carboxylic acids is 2. The molecule has 1 fully saturated rings. The maximum absolute atomic E-state index is 12.3. The smallest absolute Gasteiger partial charge is 0.232 e. The number of aromatic nitrogens is 3. The zero-order chi connectivity index (χ0) is 15.5. The largest absolute Gasteiger partial charge is 0.311 e. The predicted molar refractivity (Wildman–Crippen MR) is 81.3 cm³/mol. The summed E-state index contributed by atoms with van der Waals surface area (Å²) in [7, 11) is 0. The van der Waals surface area contributed by atoms with Gasteiger partial charge in [-0.1, -0.05) is 25.1 Å². The molecule has 1 atom stereocenters. The van der Waals surface area contributed by atoms with E-state index in [4.69, 9.17) is 0 Å². The van der Waals surface area contributed by atoms with E-state index in [1.165, 1.54) is 6.33 Å². The molecule has 1 aliphatic rings. The van der Waals surface area contributed by atoms with Crippen molar-refractivity contribution in [2.75, 3.05) is 16.8 Å². The van der Waals surface area contributed by atoms with Crippen LogP contribution in [-0.2, 0) is 16.0 Å². The second-order valence-electron chi connectivity index (χ2n) is 5.21. The summed E-state index contributed by atoms with van der Waals surface area (Å²) in [6.07, 6.45) is 2.37. The second-order valence-corrected chi connectivity index (χ2v) is 5.21. The molecule has 0 aliphatic carbocycles. The van der Waals surface area contributed by atoms with Crippen molar-refractivity contribution in [1.29, 1.82) is 0 Å². The van der Waals surface area contributed by atoms with E-state index in [1.54, 1.807) is 4.90 Å². The van der Waals surface area contributed by atoms with Crippen LogP contribution >= 0.6 is 0 Å². The molecule has 3 rings (SSSR count). The highest BCUT2D eigenvalue weighted by atomic mass is 16.2. The van der Waals surface area contributed by atoms with Crippen LogP contribution in [0, 0.1) is 5.92 Å². The number of hydrogen-bond donors (Lipinski definition) is 2. The van der Waals surface area contributed by atoms with Gasteiger partial charge in [-0.05, 0) is 18.1 Å². The van der Waals surface area contributed by atoms with Crippen molar-refractivity contribution in [1.82, 2.24) is 15.2 Å². The van der Waals surface area contributed by atoms with Gasteiger partial charge in [0.2, 0.25) is 17.8 Å². The maximum Gasteiger partial charge on any atom is 0.232 e. The minimum Gasteiger partial charge on any atom is -0.311 e. The van der Waals surface area contributed by atoms with E-state index in [0.717, 1.165) is 17.7 Å². The lowest BCUT2D eigenvalue weighted by Gasteiger charge is -2.19. The molecule has 0 spiro atoms. The number of carbonyl (C=O) groups is 2. The standard InChI is InChI=1S/C15H17N5O2/c1-2-10-5-3-4-6-12(10)20-8-11(7-13(20)21)14(22)18-15-16-9-17-19-15/h3-6,9,11H,2,7-8H2,1H3,(H2,16,17,18,19,22). The van der Waals surface area contributed by atoms with Crippen LogP contribution in [0.15, 0.2) is 30.6 Å². The zero-order valence-electron chi connectivity index (χ0n) is 12.2. The molecular formula is C15H17N5O2. The minimum absolute atomic E-state index is 0.0291. The van der Waals surface area contributed by atoms with Gasteiger partial charge in [0, 0.05) is 18.7 Å². The van der Waals surface area contributed by atoms with Crippen LogP contribution in [0.4, 0.5) is 11.6 Å². The Morgan fingerprint density at radius 1 is 1.45 bits per heavy atom. The van der Waals surface area contributed by atoms with Crippen molar-refractivity contribution < 1.29 is 9.59 Å². The fraction of sp³-hybridized carbons (Fsp3) is 0.333. The number of H-pyrrole nitrogens is 1. The van der Waals surface area contributed by atoms with Crippen molar-refractivity contribution in [2.45, 2.75) is 19.8 Å². The molecule has 0 radical (unpaired) electrons. The third kappa shape index (κ3) is 2.69. The number of rotatable bonds is 4. The highest BCUT2D eigenvalue weighted by Gasteiger charge is 2.36. The van der Waals surface area contributed by atoms with E-state index in [-0.39, 0.29) is 24.2 Å². The lowest BCUT2D eigenvalue weighted by Crippen LogP contribution is -2.29. The van der Waals surface area contributed by atoms with Gasteiger partial charge < -0.3 is 4.90 Å². The van der Waals surface area contributed by atoms with Gasteiger partial charge >= 0.3 is 0 Å². The van der Waals surface area contributed by atoms with Crippen LogP contribution in [0.1, 0.15) is 18.9 Å². The van der Waals surface area contributed by atoms with Crippen molar-refractivity contribution in [2.24, 2.45) is 5.92 Å². The number of amides is 2. The van der Waals surface area contributed by atoms with Gasteiger partial charge in [-0.25, -0.2) is 5.10 Å². The number of aromatic amines is 1. The lowest BCUT2D eigenvalue weighted by molar-refractivity contribution is -0.122. The van der Waals surface area contributed by atoms with E-state index in [1.807, 2.05) is 31.2 Å². The number of nitrogens with zero attached hydrogens (tertiary/aromatic N) is 3. The van der Waals surface area contributed by atoms with Crippen LogP contribution in [0.25, 0.3) is 0 Å². The average molecular weight is 299 g/mol. The number of aryl methyl sites for hydroxylation is 1. The Hall–Kier alpha value is -2.70. The molecule has 1 aromatic carbocycles. The quantitative estimate of drug-likeness (QED) is 0.891. The molecule has 1 aliphatic heterocycles. The first-order valence-electron chi connectivity index (χ1n) is 7.23. The molecule has 22 heavy (non-hydrogen) atoms. The van der Waals surface area contributed by atoms with Gasteiger partial charge in [0.15, 0.2) is 0 Å². The van der Waals surface area contributed by atoms with Crippen LogP contribution in [0.5, 0.6) is 0 Å². The Labute approximate surface area is 127 Å². The van der Waals surface area contributed by atoms with Crippen molar-refractivity contribution in [3.8, 4) is 0 Å². The summed E-state index contributed by atoms with van der Waals surface area (Å²) in [5.74, 6) is -0.340. The summed E-state index contributed by atoms with van der Waals surface area (Å²) in [6.45, 7) is 2.43. The molecular weight excluding hydrogens is 282 g/mol. The molecule has 0 saturated carbocycles. The zero-order valence-corrected chi connectivity index (χ0v) is 12.2. The minimum atomic E-state index is -0.387. The fourth-order valence-corrected chi connectivity index (χ4v) is 2.67. The van der Waals surface area contributed by atoms with E-state index in [0.29, 0.717) is 12.5 Å². The molecule has 2 aromatic rings. The SMILES string of the molecule is CCc1ccccc1N1CC(C(=O)Nc2ncn[nH]2)CC1=O. The van der Waals surface area contributed by atoms with Crippen LogP contribution in [0.3, 0.4) is 0 Å². The van der Waals surface area contributed by atoms with Crippen molar-refractivity contribution in [3.05, 3.63) is 36.2 Å². The van der Waals surface area contributed by atoms with Gasteiger partial charge in [-0.2, -0.15) is 10.1 Å².